The summed E-state index contributed by atoms with van der Waals surface area (Å²) in [6.07, 6.45) is -3.35. The van der Waals surface area contributed by atoms with Crippen molar-refractivity contribution in [2.24, 2.45) is 0 Å². The van der Waals surface area contributed by atoms with Crippen molar-refractivity contribution in [1.82, 2.24) is 4.98 Å². The van der Waals surface area contributed by atoms with E-state index in [1.165, 1.54) is 6.07 Å². The first-order valence-electron chi connectivity index (χ1n) is 12.0. The third kappa shape index (κ3) is 6.51. The molecule has 0 aliphatic carbocycles. The topological polar surface area (TPSA) is 78.9 Å². The Morgan fingerprint density at radius 3 is 2.36 bits per heavy atom. The zero-order chi connectivity index (χ0) is 28.2. The average Bonchev–Trinajstić information content (AvgIpc) is 2.90. The molecule has 0 fully saturated rings. The van der Waals surface area contributed by atoms with Crippen LogP contribution in [-0.4, -0.2) is 31.9 Å². The fourth-order valence-electron chi connectivity index (χ4n) is 4.00. The van der Waals surface area contributed by atoms with E-state index < -0.39 is 17.8 Å². The van der Waals surface area contributed by atoms with Crippen LogP contribution in [0.1, 0.15) is 22.3 Å². The molecule has 1 amide bonds. The van der Waals surface area contributed by atoms with Crippen LogP contribution in [0.5, 0.6) is 23.0 Å². The number of carbonyl (C=O) groups is 1. The van der Waals surface area contributed by atoms with Crippen LogP contribution in [0.2, 0.25) is 0 Å². The van der Waals surface area contributed by atoms with Gasteiger partial charge >= 0.3 is 12.3 Å². The Kier molecular flexibility index (Phi) is 8.13. The maximum Gasteiger partial charge on any atom is 0.416 e. The number of alkyl halides is 3. The lowest BCUT2D eigenvalue weighted by atomic mass is 10.1. The molecule has 0 aliphatic rings. The first-order chi connectivity index (χ1) is 18.6. The Morgan fingerprint density at radius 2 is 1.64 bits per heavy atom. The molecule has 39 heavy (non-hydrogen) atoms. The molecule has 3 aromatic carbocycles. The molecule has 0 saturated heterocycles. The van der Waals surface area contributed by atoms with Crippen molar-refractivity contribution >= 4 is 22.7 Å². The number of nitrogens with zero attached hydrogens (tertiary/aromatic N) is 1. The summed E-state index contributed by atoms with van der Waals surface area (Å²) in [7, 11) is 3.11. The normalized spacial score (nSPS) is 11.3. The van der Waals surface area contributed by atoms with E-state index in [1.807, 2.05) is 13.8 Å². The molecule has 4 rings (SSSR count). The van der Waals surface area contributed by atoms with Gasteiger partial charge in [-0.15, -0.1) is 0 Å². The zero-order valence-electron chi connectivity index (χ0n) is 21.8. The molecule has 204 valence electrons. The number of amides is 1. The van der Waals surface area contributed by atoms with Crippen LogP contribution in [0.25, 0.3) is 10.9 Å². The van der Waals surface area contributed by atoms with E-state index in [9.17, 15) is 18.0 Å². The summed E-state index contributed by atoms with van der Waals surface area (Å²) in [6.45, 7) is 3.57. The van der Waals surface area contributed by atoms with Gasteiger partial charge in [-0.1, -0.05) is 18.2 Å². The van der Waals surface area contributed by atoms with Gasteiger partial charge in [0.2, 0.25) is 0 Å². The maximum absolute atomic E-state index is 12.9. The van der Waals surface area contributed by atoms with E-state index in [-0.39, 0.29) is 13.0 Å². The number of nitrogens with one attached hydrogen (secondary N) is 1. The number of anilines is 1. The molecule has 0 unspecified atom stereocenters. The monoisotopic (exact) mass is 540 g/mol. The van der Waals surface area contributed by atoms with Gasteiger partial charge in [-0.2, -0.15) is 13.2 Å². The summed E-state index contributed by atoms with van der Waals surface area (Å²) in [6, 6.07) is 13.8. The highest BCUT2D eigenvalue weighted by atomic mass is 19.4. The molecule has 0 spiro atoms. The average molecular weight is 541 g/mol. The number of hydrogen-bond acceptors (Lipinski definition) is 6. The predicted molar refractivity (Wildman–Crippen MR) is 141 cm³/mol. The summed E-state index contributed by atoms with van der Waals surface area (Å²) in [5.41, 5.74) is 2.36. The summed E-state index contributed by atoms with van der Waals surface area (Å²) >= 11 is 0. The summed E-state index contributed by atoms with van der Waals surface area (Å²) < 4.78 is 60.9. The van der Waals surface area contributed by atoms with E-state index in [2.05, 4.69) is 10.3 Å². The molecule has 1 aromatic heterocycles. The van der Waals surface area contributed by atoms with Gasteiger partial charge in [0.15, 0.2) is 11.5 Å². The fourth-order valence-corrected chi connectivity index (χ4v) is 4.00. The van der Waals surface area contributed by atoms with Crippen molar-refractivity contribution < 1.29 is 36.9 Å². The molecule has 0 saturated carbocycles. The highest BCUT2D eigenvalue weighted by molar-refractivity contribution is 5.89. The molecule has 0 aliphatic heterocycles. The minimum Gasteiger partial charge on any atom is -0.493 e. The molecule has 0 radical (unpaired) electrons. The second-order valence-corrected chi connectivity index (χ2v) is 8.78. The van der Waals surface area contributed by atoms with Gasteiger partial charge in [-0.05, 0) is 60.9 Å². The molecule has 7 nitrogen and oxygen atoms in total. The SMILES string of the molecule is COc1cc2nccc(Oc3cc(C)c(NC(=O)OCCc4cccc(C(F)(F)F)c4)cc3C)c2cc1OC. The van der Waals surface area contributed by atoms with Crippen molar-refractivity contribution in [2.75, 3.05) is 26.1 Å². The van der Waals surface area contributed by atoms with Gasteiger partial charge in [-0.25, -0.2) is 4.79 Å². The number of methoxy groups -OCH3 is 2. The summed E-state index contributed by atoms with van der Waals surface area (Å²) in [5, 5.41) is 3.42. The van der Waals surface area contributed by atoms with Crippen LogP contribution >= 0.6 is 0 Å². The largest absolute Gasteiger partial charge is 0.493 e. The van der Waals surface area contributed by atoms with Crippen molar-refractivity contribution in [3.63, 3.8) is 0 Å². The number of fused-ring (bicyclic) bond motifs is 1. The Morgan fingerprint density at radius 1 is 0.897 bits per heavy atom. The molecule has 1 N–H and O–H groups in total. The first-order valence-corrected chi connectivity index (χ1v) is 12.0. The van der Waals surface area contributed by atoms with Crippen molar-refractivity contribution in [1.29, 1.82) is 0 Å². The minimum absolute atomic E-state index is 0.0737. The van der Waals surface area contributed by atoms with Crippen LogP contribution in [0.4, 0.5) is 23.7 Å². The van der Waals surface area contributed by atoms with Crippen molar-refractivity contribution in [2.45, 2.75) is 26.4 Å². The van der Waals surface area contributed by atoms with Gasteiger partial charge in [0.1, 0.15) is 11.5 Å². The number of hydrogen-bond donors (Lipinski definition) is 1. The van der Waals surface area contributed by atoms with Crippen molar-refractivity contribution in [3.8, 4) is 23.0 Å². The van der Waals surface area contributed by atoms with E-state index in [1.54, 1.807) is 56.8 Å². The van der Waals surface area contributed by atoms with E-state index in [0.717, 1.165) is 28.6 Å². The number of rotatable bonds is 8. The first kappa shape index (κ1) is 27.6. The molecule has 1 heterocycles. The van der Waals surface area contributed by atoms with Gasteiger partial charge in [0.25, 0.3) is 0 Å². The molecule has 0 bridgehead atoms. The summed E-state index contributed by atoms with van der Waals surface area (Å²) in [5.74, 6) is 2.25. The third-order valence-electron chi connectivity index (χ3n) is 6.06. The predicted octanol–water partition coefficient (Wildman–Crippen LogP) is 7.47. The van der Waals surface area contributed by atoms with E-state index >= 15 is 0 Å². The number of halogens is 3. The molecule has 0 atom stereocenters. The van der Waals surface area contributed by atoms with Crippen molar-refractivity contribution in [3.05, 3.63) is 83.0 Å². The number of benzene rings is 3. The highest BCUT2D eigenvalue weighted by Crippen LogP contribution is 2.38. The lowest BCUT2D eigenvalue weighted by Gasteiger charge is -2.16. The number of aryl methyl sites for hydroxylation is 2. The Bertz CT molecular complexity index is 1500. The number of aromatic nitrogens is 1. The Balaban J connectivity index is 1.43. The second kappa shape index (κ2) is 11.5. The van der Waals surface area contributed by atoms with Crippen LogP contribution in [0.3, 0.4) is 0 Å². The second-order valence-electron chi connectivity index (χ2n) is 8.78. The molecule has 4 aromatic rings. The standard InChI is InChI=1S/C29H27F3N2O5/c1-17-13-25(39-24-8-10-33-23-16-27(37-4)26(36-3)15-21(23)24)18(2)12-22(17)34-28(35)38-11-9-19-6-5-7-20(14-19)29(30,31)32/h5-8,10,12-16H,9,11H2,1-4H3,(H,34,35). The number of carbonyl (C=O) groups excluding carboxylic acids is 1. The molecular formula is C29H27F3N2O5. The third-order valence-corrected chi connectivity index (χ3v) is 6.06. The fraction of sp³-hybridized carbons (Fsp3) is 0.241. The Hall–Kier alpha value is -4.47. The van der Waals surface area contributed by atoms with E-state index in [0.29, 0.717) is 39.8 Å². The van der Waals surface area contributed by atoms with Gasteiger partial charge in [0.05, 0.1) is 31.9 Å². The summed E-state index contributed by atoms with van der Waals surface area (Å²) in [4.78, 5) is 16.7. The van der Waals surface area contributed by atoms with Gasteiger partial charge < -0.3 is 18.9 Å². The number of ether oxygens (including phenoxy) is 4. The van der Waals surface area contributed by atoms with E-state index in [4.69, 9.17) is 18.9 Å². The minimum atomic E-state index is -4.43. The quantitative estimate of drug-likeness (QED) is 0.250. The Labute approximate surface area is 223 Å². The van der Waals surface area contributed by atoms with Gasteiger partial charge in [0, 0.05) is 29.8 Å². The lowest BCUT2D eigenvalue weighted by Crippen LogP contribution is -2.16. The molecule has 10 heteroatoms. The highest BCUT2D eigenvalue weighted by Gasteiger charge is 2.30. The smallest absolute Gasteiger partial charge is 0.416 e. The van der Waals surface area contributed by atoms with Crippen LogP contribution < -0.4 is 19.5 Å². The maximum atomic E-state index is 12.9. The number of pyridine rings is 1. The van der Waals surface area contributed by atoms with Gasteiger partial charge in [-0.3, -0.25) is 10.3 Å². The zero-order valence-corrected chi connectivity index (χ0v) is 21.8. The van der Waals surface area contributed by atoms with Crippen LogP contribution in [0.15, 0.2) is 60.8 Å². The molecular weight excluding hydrogens is 513 g/mol. The van der Waals surface area contributed by atoms with Crippen LogP contribution in [-0.2, 0) is 17.3 Å². The van der Waals surface area contributed by atoms with Crippen LogP contribution in [0, 0.1) is 13.8 Å². The lowest BCUT2D eigenvalue weighted by molar-refractivity contribution is -0.137.